The first-order valence-electron chi connectivity index (χ1n) is 8.48. The van der Waals surface area contributed by atoms with Gasteiger partial charge in [0.25, 0.3) is 0 Å². The average molecular weight is 372 g/mol. The highest BCUT2D eigenvalue weighted by atomic mass is 32.1. The Morgan fingerprint density at radius 1 is 1.27 bits per heavy atom. The van der Waals surface area contributed by atoms with Crippen molar-refractivity contribution in [2.45, 2.75) is 27.2 Å². The molecule has 0 aliphatic heterocycles. The summed E-state index contributed by atoms with van der Waals surface area (Å²) in [7, 11) is 0. The number of aromatic nitrogens is 2. The normalized spacial score (nSPS) is 10.9. The molecule has 0 radical (unpaired) electrons. The van der Waals surface area contributed by atoms with Gasteiger partial charge in [-0.05, 0) is 44.5 Å². The van der Waals surface area contributed by atoms with Gasteiger partial charge in [0.05, 0.1) is 13.2 Å². The molecule has 0 aliphatic carbocycles. The van der Waals surface area contributed by atoms with Gasteiger partial charge in [0.15, 0.2) is 11.2 Å². The molecule has 0 amide bonds. The third-order valence-corrected chi connectivity index (χ3v) is 5.04. The number of imidazole rings is 1. The number of thiazole rings is 1. The van der Waals surface area contributed by atoms with E-state index in [-0.39, 0.29) is 0 Å². The van der Waals surface area contributed by atoms with Gasteiger partial charge in [0, 0.05) is 11.3 Å². The summed E-state index contributed by atoms with van der Waals surface area (Å²) in [6.45, 7) is 6.56. The topological polar surface area (TPSA) is 69.9 Å². The van der Waals surface area contributed by atoms with Crippen molar-refractivity contribution in [3.05, 3.63) is 40.5 Å². The molecule has 0 aliphatic rings. The van der Waals surface area contributed by atoms with Gasteiger partial charge < -0.3 is 9.47 Å². The van der Waals surface area contributed by atoms with Crippen LogP contribution in [-0.2, 0) is 4.74 Å². The lowest BCUT2D eigenvalue weighted by molar-refractivity contribution is 0.0530. The van der Waals surface area contributed by atoms with Crippen molar-refractivity contribution in [1.82, 2.24) is 9.38 Å². The minimum Gasteiger partial charge on any atom is -0.494 e. The summed E-state index contributed by atoms with van der Waals surface area (Å²) >= 11 is 1.22. The number of esters is 1. The maximum absolute atomic E-state index is 12.1. The van der Waals surface area contributed by atoms with E-state index in [9.17, 15) is 9.59 Å². The minimum absolute atomic E-state index is 0.302. The smallest absolute Gasteiger partial charge is 0.350 e. The summed E-state index contributed by atoms with van der Waals surface area (Å²) in [5.74, 6) is 0.390. The second-order valence-corrected chi connectivity index (χ2v) is 6.67. The van der Waals surface area contributed by atoms with Crippen LogP contribution in [0, 0.1) is 6.92 Å². The van der Waals surface area contributed by atoms with E-state index >= 15 is 0 Å². The van der Waals surface area contributed by atoms with Crippen LogP contribution in [0.3, 0.4) is 0 Å². The molecule has 0 bridgehead atoms. The maximum atomic E-state index is 12.1. The van der Waals surface area contributed by atoms with Crippen LogP contribution < -0.4 is 4.74 Å². The molecule has 6 nitrogen and oxygen atoms in total. The van der Waals surface area contributed by atoms with E-state index in [0.29, 0.717) is 40.1 Å². The van der Waals surface area contributed by atoms with Gasteiger partial charge in [-0.2, -0.15) is 0 Å². The highest BCUT2D eigenvalue weighted by molar-refractivity contribution is 7.19. The fourth-order valence-electron chi connectivity index (χ4n) is 2.71. The summed E-state index contributed by atoms with van der Waals surface area (Å²) in [5, 5.41) is 0. The zero-order valence-electron chi connectivity index (χ0n) is 14.9. The van der Waals surface area contributed by atoms with Crippen LogP contribution in [0.4, 0.5) is 0 Å². The molecule has 3 rings (SSSR count). The van der Waals surface area contributed by atoms with E-state index in [1.165, 1.54) is 11.3 Å². The molecule has 0 saturated heterocycles. The molecule has 1 aromatic carbocycles. The molecular weight excluding hydrogens is 352 g/mol. The lowest BCUT2D eigenvalue weighted by Crippen LogP contribution is -2.05. The zero-order chi connectivity index (χ0) is 18.7. The van der Waals surface area contributed by atoms with Gasteiger partial charge in [-0.1, -0.05) is 18.3 Å². The Bertz CT molecular complexity index is 941. The average Bonchev–Trinajstić information content (AvgIpc) is 3.17. The Morgan fingerprint density at radius 3 is 2.62 bits per heavy atom. The molecule has 2 heterocycles. The number of aryl methyl sites for hydroxylation is 1. The van der Waals surface area contributed by atoms with Crippen molar-refractivity contribution < 1.29 is 19.1 Å². The van der Waals surface area contributed by atoms with Crippen molar-refractivity contribution >= 4 is 28.6 Å². The number of hydrogen-bond acceptors (Lipinski definition) is 6. The molecular formula is C19H20N2O4S. The third kappa shape index (κ3) is 3.22. The number of carbonyl (C=O) groups excluding carboxylic acids is 2. The van der Waals surface area contributed by atoms with Gasteiger partial charge in [-0.3, -0.25) is 9.20 Å². The Kier molecular flexibility index (Phi) is 5.37. The standard InChI is InChI=1S/C19H20N2O4S/c1-4-10-25-14-8-6-13(7-9-14)16-15(11-22)21-12(3)17(18(23)24-5-2)26-19(21)20-16/h6-9,11H,4-5,10H2,1-3H3. The van der Waals surface area contributed by atoms with Crippen molar-refractivity contribution in [2.24, 2.45) is 0 Å². The van der Waals surface area contributed by atoms with E-state index < -0.39 is 5.97 Å². The van der Waals surface area contributed by atoms with E-state index in [2.05, 4.69) is 11.9 Å². The molecule has 3 aromatic rings. The third-order valence-electron chi connectivity index (χ3n) is 3.91. The van der Waals surface area contributed by atoms with Crippen LogP contribution in [0.2, 0.25) is 0 Å². The minimum atomic E-state index is -0.392. The van der Waals surface area contributed by atoms with Gasteiger partial charge >= 0.3 is 5.97 Å². The fourth-order valence-corrected chi connectivity index (χ4v) is 3.73. The van der Waals surface area contributed by atoms with Crippen LogP contribution in [0.15, 0.2) is 24.3 Å². The number of rotatable bonds is 7. The van der Waals surface area contributed by atoms with Gasteiger partial charge in [0.2, 0.25) is 0 Å². The Balaban J connectivity index is 2.02. The van der Waals surface area contributed by atoms with Crippen molar-refractivity contribution in [2.75, 3.05) is 13.2 Å². The molecule has 136 valence electrons. The second-order valence-electron chi connectivity index (χ2n) is 5.69. The Morgan fingerprint density at radius 2 is 2.00 bits per heavy atom. The summed E-state index contributed by atoms with van der Waals surface area (Å²) < 4.78 is 12.4. The lowest BCUT2D eigenvalue weighted by atomic mass is 10.1. The number of fused-ring (bicyclic) bond motifs is 1. The van der Waals surface area contributed by atoms with Crippen LogP contribution in [0.5, 0.6) is 5.75 Å². The first-order chi connectivity index (χ1) is 12.6. The number of ether oxygens (including phenoxy) is 2. The first kappa shape index (κ1) is 18.1. The van der Waals surface area contributed by atoms with Crippen molar-refractivity contribution in [1.29, 1.82) is 0 Å². The van der Waals surface area contributed by atoms with E-state index in [1.54, 1.807) is 18.2 Å². The second kappa shape index (κ2) is 7.70. The molecule has 0 unspecified atom stereocenters. The summed E-state index contributed by atoms with van der Waals surface area (Å²) in [6.07, 6.45) is 1.71. The number of benzene rings is 1. The van der Waals surface area contributed by atoms with E-state index in [0.717, 1.165) is 24.0 Å². The van der Waals surface area contributed by atoms with Crippen LogP contribution in [0.1, 0.15) is 46.1 Å². The largest absolute Gasteiger partial charge is 0.494 e. The molecule has 0 spiro atoms. The number of carbonyl (C=O) groups is 2. The lowest BCUT2D eigenvalue weighted by Gasteiger charge is -2.05. The molecule has 0 saturated carbocycles. The summed E-state index contributed by atoms with van der Waals surface area (Å²) in [5.41, 5.74) is 2.49. The van der Waals surface area contributed by atoms with E-state index in [4.69, 9.17) is 9.47 Å². The fraction of sp³-hybridized carbons (Fsp3) is 0.316. The maximum Gasteiger partial charge on any atom is 0.350 e. The SMILES string of the molecule is CCCOc1ccc(-c2nc3sc(C(=O)OCC)c(C)n3c2C=O)cc1. The number of aldehydes is 1. The van der Waals surface area contributed by atoms with Crippen molar-refractivity contribution in [3.8, 4) is 17.0 Å². The van der Waals surface area contributed by atoms with Gasteiger partial charge in [0.1, 0.15) is 22.0 Å². The Hall–Kier alpha value is -2.67. The number of nitrogens with zero attached hydrogens (tertiary/aromatic N) is 2. The van der Waals surface area contributed by atoms with Crippen LogP contribution >= 0.6 is 11.3 Å². The molecule has 26 heavy (non-hydrogen) atoms. The predicted octanol–water partition coefficient (Wildman–Crippen LogP) is 4.15. The summed E-state index contributed by atoms with van der Waals surface area (Å²) in [6, 6.07) is 7.49. The monoisotopic (exact) mass is 372 g/mol. The summed E-state index contributed by atoms with van der Waals surface area (Å²) in [4.78, 5) is 29.4. The molecule has 0 fully saturated rings. The van der Waals surface area contributed by atoms with E-state index in [1.807, 2.05) is 24.3 Å². The predicted molar refractivity (Wildman–Crippen MR) is 100 cm³/mol. The molecule has 0 atom stereocenters. The van der Waals surface area contributed by atoms with Gasteiger partial charge in [-0.15, -0.1) is 0 Å². The van der Waals surface area contributed by atoms with Crippen molar-refractivity contribution in [3.63, 3.8) is 0 Å². The Labute approximate surface area is 155 Å². The van der Waals surface area contributed by atoms with Crippen LogP contribution in [-0.4, -0.2) is 34.9 Å². The molecule has 0 N–H and O–H groups in total. The van der Waals surface area contributed by atoms with Gasteiger partial charge in [-0.25, -0.2) is 9.78 Å². The number of hydrogen-bond donors (Lipinski definition) is 0. The highest BCUT2D eigenvalue weighted by Crippen LogP contribution is 2.31. The molecule has 7 heteroatoms. The van der Waals surface area contributed by atoms with Crippen LogP contribution in [0.25, 0.3) is 16.2 Å². The highest BCUT2D eigenvalue weighted by Gasteiger charge is 2.23. The first-order valence-corrected chi connectivity index (χ1v) is 9.29. The zero-order valence-corrected chi connectivity index (χ0v) is 15.8. The quantitative estimate of drug-likeness (QED) is 0.460. The molecule has 2 aromatic heterocycles.